The van der Waals surface area contributed by atoms with E-state index in [1.807, 2.05) is 25.9 Å². The predicted molar refractivity (Wildman–Crippen MR) is 204 cm³/mol. The van der Waals surface area contributed by atoms with Gasteiger partial charge in [0, 0.05) is 37.3 Å². The van der Waals surface area contributed by atoms with Gasteiger partial charge in [-0.15, -0.1) is 0 Å². The summed E-state index contributed by atoms with van der Waals surface area (Å²) in [5.41, 5.74) is -4.97. The number of likely N-dealkylation sites (N-methyl/N-ethyl adjacent to an activating group) is 1. The number of carbonyl (C=O) groups excluding carboxylic acids is 2. The minimum absolute atomic E-state index is 0.0614. The van der Waals surface area contributed by atoms with Gasteiger partial charge in [0.2, 0.25) is 0 Å². The van der Waals surface area contributed by atoms with Gasteiger partial charge in [0.25, 0.3) is 0 Å². The van der Waals surface area contributed by atoms with Gasteiger partial charge in [-0.3, -0.25) is 9.59 Å². The molecule has 3 fully saturated rings. The molecule has 1 unspecified atom stereocenters. The van der Waals surface area contributed by atoms with Gasteiger partial charge in [0.1, 0.15) is 36.3 Å². The molecule has 3 rings (SSSR count). The van der Waals surface area contributed by atoms with Gasteiger partial charge in [0.15, 0.2) is 12.6 Å². The first-order valence-corrected chi connectivity index (χ1v) is 20.2. The lowest BCUT2D eigenvalue weighted by molar-refractivity contribution is -0.321. The fraction of sp³-hybridized carbons (Fsp3) is 0.925. The van der Waals surface area contributed by atoms with Crippen LogP contribution in [0.25, 0.3) is 0 Å². The highest BCUT2D eigenvalue weighted by Gasteiger charge is 2.53. The molecule has 0 radical (unpaired) electrons. The van der Waals surface area contributed by atoms with Crippen LogP contribution >= 0.6 is 0 Å². The summed E-state index contributed by atoms with van der Waals surface area (Å²) in [5.74, 6) is -5.22. The van der Waals surface area contributed by atoms with Gasteiger partial charge in [-0.2, -0.15) is 0 Å². The van der Waals surface area contributed by atoms with Gasteiger partial charge in [-0.05, 0) is 74.9 Å². The van der Waals surface area contributed by atoms with E-state index in [2.05, 4.69) is 4.74 Å². The number of aliphatic hydroxyl groups excluding tert-OH is 2. The fourth-order valence-electron chi connectivity index (χ4n) is 8.89. The third kappa shape index (κ3) is 11.6. The summed E-state index contributed by atoms with van der Waals surface area (Å²) in [7, 11) is 5.19. The molecular formula is C40H71NO16. The van der Waals surface area contributed by atoms with E-state index in [0.29, 0.717) is 6.42 Å². The fourth-order valence-corrected chi connectivity index (χ4v) is 8.89. The van der Waals surface area contributed by atoms with Crippen LogP contribution in [0.1, 0.15) is 94.9 Å². The van der Waals surface area contributed by atoms with Crippen molar-refractivity contribution in [1.82, 2.24) is 4.90 Å². The van der Waals surface area contributed by atoms with Crippen molar-refractivity contribution >= 4 is 17.9 Å². The second-order valence-electron chi connectivity index (χ2n) is 17.4. The Morgan fingerprint density at radius 2 is 1.53 bits per heavy atom. The molecule has 3 saturated heterocycles. The van der Waals surface area contributed by atoms with E-state index >= 15 is 0 Å². The van der Waals surface area contributed by atoms with Crippen LogP contribution in [-0.4, -0.2) is 167 Å². The van der Waals surface area contributed by atoms with Crippen molar-refractivity contribution in [3.63, 3.8) is 0 Å². The standard InChI is InChI=1S/C40H71NO16/c1-14-27-40(10,49)32(43)22(4)29(42)20(2)18-38(8,48)34(57-36-31(51-15-16-52-37(46)47)26(41(11)12)17-21(3)53-36)23(5)30(24(6)35(45)55-27)56-28-19-39(9,50-13)33(44)25(7)54-28/h20-28,30-34,36,43-44,48-49H,14-19H2,1-13H3,(H,46,47)/t20-,21-,22+,23+,24-,25+,26+,27-,28+,30+,31-,32-,33+,34?,36+,38-,39-,40-/m1/s1. The Hall–Kier alpha value is -2.03. The number of ketones is 1. The lowest BCUT2D eigenvalue weighted by Gasteiger charge is -2.49. The highest BCUT2D eigenvalue weighted by Crippen LogP contribution is 2.41. The van der Waals surface area contributed by atoms with E-state index in [0.717, 1.165) is 0 Å². The number of nitrogens with zero attached hydrogens (tertiary/aromatic N) is 1. The molecule has 0 aromatic rings. The number of esters is 1. The van der Waals surface area contributed by atoms with Gasteiger partial charge in [-0.1, -0.05) is 27.7 Å². The second-order valence-corrected chi connectivity index (χ2v) is 17.4. The molecule has 57 heavy (non-hydrogen) atoms. The predicted octanol–water partition coefficient (Wildman–Crippen LogP) is 2.50. The number of aliphatic hydroxyl groups is 4. The lowest BCUT2D eigenvalue weighted by Crippen LogP contribution is -2.61. The molecule has 0 spiro atoms. The van der Waals surface area contributed by atoms with Crippen LogP contribution in [0.2, 0.25) is 0 Å². The van der Waals surface area contributed by atoms with E-state index in [9.17, 15) is 34.8 Å². The first kappa shape index (κ1) is 49.3. The summed E-state index contributed by atoms with van der Waals surface area (Å²) >= 11 is 0. The Morgan fingerprint density at radius 1 is 0.895 bits per heavy atom. The molecule has 0 bridgehead atoms. The van der Waals surface area contributed by atoms with E-state index in [-0.39, 0.29) is 44.6 Å². The number of hydrogen-bond acceptors (Lipinski definition) is 16. The Labute approximate surface area is 337 Å². The highest BCUT2D eigenvalue weighted by atomic mass is 16.7. The minimum atomic E-state index is -2.03. The number of cyclic esters (lactones) is 1. The zero-order valence-corrected chi connectivity index (χ0v) is 36.1. The van der Waals surface area contributed by atoms with Crippen molar-refractivity contribution in [3.8, 4) is 0 Å². The molecule has 17 nitrogen and oxygen atoms in total. The molecule has 0 saturated carbocycles. The molecule has 0 aliphatic carbocycles. The maximum Gasteiger partial charge on any atom is 0.505 e. The number of rotatable bonds is 11. The number of ether oxygens (including phenoxy) is 8. The van der Waals surface area contributed by atoms with Crippen LogP contribution < -0.4 is 0 Å². The molecule has 0 aromatic carbocycles. The van der Waals surface area contributed by atoms with Gasteiger partial charge < -0.3 is 68.3 Å². The Morgan fingerprint density at radius 3 is 2.09 bits per heavy atom. The number of hydrogen-bond donors (Lipinski definition) is 5. The molecule has 18 atom stereocenters. The molecule has 3 aliphatic rings. The number of carboxylic acid groups (broad SMARTS) is 1. The van der Waals surface area contributed by atoms with Crippen LogP contribution in [-0.2, 0) is 47.5 Å². The van der Waals surface area contributed by atoms with Crippen LogP contribution in [0.15, 0.2) is 0 Å². The first-order chi connectivity index (χ1) is 26.3. The van der Waals surface area contributed by atoms with Crippen molar-refractivity contribution in [2.45, 2.75) is 179 Å². The van der Waals surface area contributed by atoms with E-state index in [1.54, 1.807) is 41.5 Å². The van der Waals surface area contributed by atoms with E-state index < -0.39 is 114 Å². The zero-order chi connectivity index (χ0) is 43.4. The number of carbonyl (C=O) groups is 3. The summed E-state index contributed by atoms with van der Waals surface area (Å²) in [4.78, 5) is 41.2. The lowest BCUT2D eigenvalue weighted by atomic mass is 9.74. The maximum absolute atomic E-state index is 14.2. The third-order valence-corrected chi connectivity index (χ3v) is 12.4. The average molecular weight is 822 g/mol. The van der Waals surface area contributed by atoms with Gasteiger partial charge in [-0.25, -0.2) is 4.79 Å². The molecule has 3 heterocycles. The molecule has 3 aliphatic heterocycles. The SMILES string of the molecule is CC[C@H]1OC(=O)[C@H](C)[C@@H](O[C@H]2C[C@@](C)(OC)[C@@H](O)[C@H](C)O2)[C@H](C)C(O[C@@H]2O[C@H](C)C[C@H](N(C)C)[C@H]2OCCOC(=O)O)[C@](C)(O)C[C@@H](C)C(=O)[C@H](C)[C@@H](O)[C@]1(C)O. The quantitative estimate of drug-likeness (QED) is 0.149. The third-order valence-electron chi connectivity index (χ3n) is 12.4. The van der Waals surface area contributed by atoms with E-state index in [4.69, 9.17) is 38.3 Å². The number of Topliss-reactive ketones (excluding diaryl/α,β-unsaturated/α-hetero) is 1. The summed E-state index contributed by atoms with van der Waals surface area (Å²) in [6.07, 6.45) is -11.3. The van der Waals surface area contributed by atoms with Crippen LogP contribution in [0.4, 0.5) is 4.79 Å². The Balaban J connectivity index is 2.21. The summed E-state index contributed by atoms with van der Waals surface area (Å²) in [6.45, 7) is 15.8. The number of methoxy groups -OCH3 is 1. The molecule has 5 N–H and O–H groups in total. The summed E-state index contributed by atoms with van der Waals surface area (Å²) in [6, 6.07) is -0.292. The monoisotopic (exact) mass is 821 g/mol. The van der Waals surface area contributed by atoms with Gasteiger partial charge in [0.05, 0.1) is 54.2 Å². The van der Waals surface area contributed by atoms with Crippen molar-refractivity contribution in [1.29, 1.82) is 0 Å². The molecule has 0 amide bonds. The summed E-state index contributed by atoms with van der Waals surface area (Å²) in [5, 5.41) is 55.7. The zero-order valence-electron chi connectivity index (χ0n) is 36.1. The van der Waals surface area contributed by atoms with Crippen molar-refractivity contribution in [2.24, 2.45) is 23.7 Å². The maximum atomic E-state index is 14.2. The van der Waals surface area contributed by atoms with Crippen molar-refractivity contribution < 1.29 is 77.8 Å². The topological polar surface area (TPSA) is 229 Å². The minimum Gasteiger partial charge on any atom is -0.459 e. The molecular weight excluding hydrogens is 750 g/mol. The van der Waals surface area contributed by atoms with Crippen LogP contribution in [0, 0.1) is 23.7 Å². The smallest absolute Gasteiger partial charge is 0.459 e. The van der Waals surface area contributed by atoms with Gasteiger partial charge >= 0.3 is 12.1 Å². The molecule has 0 aromatic heterocycles. The van der Waals surface area contributed by atoms with E-state index in [1.165, 1.54) is 27.9 Å². The summed E-state index contributed by atoms with van der Waals surface area (Å²) < 4.78 is 48.6. The van der Waals surface area contributed by atoms with Crippen LogP contribution in [0.5, 0.6) is 0 Å². The highest BCUT2D eigenvalue weighted by molar-refractivity contribution is 5.83. The first-order valence-electron chi connectivity index (χ1n) is 20.2. The van der Waals surface area contributed by atoms with Crippen LogP contribution in [0.3, 0.4) is 0 Å². The average Bonchev–Trinajstić information content (AvgIpc) is 3.13. The van der Waals surface area contributed by atoms with Crippen molar-refractivity contribution in [2.75, 3.05) is 34.4 Å². The largest absolute Gasteiger partial charge is 0.505 e. The molecule has 332 valence electrons. The Bertz CT molecular complexity index is 1330. The normalized spacial score (nSPS) is 45.6. The Kier molecular flexibility index (Phi) is 17.3. The second kappa shape index (κ2) is 20.0. The van der Waals surface area contributed by atoms with Crippen molar-refractivity contribution in [3.05, 3.63) is 0 Å². The molecule has 17 heteroatoms.